The third kappa shape index (κ3) is 2.62. The van der Waals surface area contributed by atoms with Crippen molar-refractivity contribution in [1.29, 1.82) is 0 Å². The summed E-state index contributed by atoms with van der Waals surface area (Å²) in [7, 11) is 0. The summed E-state index contributed by atoms with van der Waals surface area (Å²) in [6.07, 6.45) is 5.13. The van der Waals surface area contributed by atoms with Gasteiger partial charge >= 0.3 is 0 Å². The minimum Gasteiger partial charge on any atom is -0.461 e. The van der Waals surface area contributed by atoms with Crippen LogP contribution in [0.25, 0.3) is 11.0 Å². The molecule has 0 radical (unpaired) electrons. The summed E-state index contributed by atoms with van der Waals surface area (Å²) in [5, 5.41) is 11.7. The molecule has 0 fully saturated rings. The molecule has 0 spiro atoms. The molecular formula is C19H26O2. The van der Waals surface area contributed by atoms with Gasteiger partial charge in [0, 0.05) is 17.4 Å². The Kier molecular flexibility index (Phi) is 3.83. The maximum Gasteiger partial charge on any atom is 0.134 e. The van der Waals surface area contributed by atoms with Gasteiger partial charge in [-0.25, -0.2) is 0 Å². The average Bonchev–Trinajstić information content (AvgIpc) is 2.84. The van der Waals surface area contributed by atoms with Crippen molar-refractivity contribution in [3.8, 4) is 0 Å². The number of hydrogen-bond acceptors (Lipinski definition) is 2. The van der Waals surface area contributed by atoms with Gasteiger partial charge in [-0.05, 0) is 30.2 Å². The van der Waals surface area contributed by atoms with E-state index in [0.717, 1.165) is 35.1 Å². The molecule has 114 valence electrons. The predicted molar refractivity (Wildman–Crippen MR) is 86.3 cm³/mol. The van der Waals surface area contributed by atoms with Gasteiger partial charge in [-0.3, -0.25) is 0 Å². The highest BCUT2D eigenvalue weighted by Crippen LogP contribution is 2.47. The van der Waals surface area contributed by atoms with Gasteiger partial charge in [-0.1, -0.05) is 51.8 Å². The average molecular weight is 286 g/mol. The fraction of sp³-hybridized carbons (Fsp3) is 0.579. The Morgan fingerprint density at radius 1 is 1.29 bits per heavy atom. The summed E-state index contributed by atoms with van der Waals surface area (Å²) < 4.78 is 6.03. The first kappa shape index (κ1) is 14.6. The minimum absolute atomic E-state index is 0.258. The molecule has 1 aliphatic rings. The van der Waals surface area contributed by atoms with Gasteiger partial charge in [0.2, 0.25) is 0 Å². The Balaban J connectivity index is 1.92. The van der Waals surface area contributed by atoms with E-state index in [0.29, 0.717) is 5.92 Å². The van der Waals surface area contributed by atoms with Crippen LogP contribution in [0.4, 0.5) is 0 Å². The van der Waals surface area contributed by atoms with E-state index in [1.807, 2.05) is 18.2 Å². The lowest BCUT2D eigenvalue weighted by Gasteiger charge is -2.38. The summed E-state index contributed by atoms with van der Waals surface area (Å²) in [5.74, 6) is 1.50. The zero-order chi connectivity index (χ0) is 15.0. The number of aliphatic hydroxyl groups excluding tert-OH is 1. The van der Waals surface area contributed by atoms with Crippen molar-refractivity contribution in [3.63, 3.8) is 0 Å². The molecule has 2 nitrogen and oxygen atoms in total. The third-order valence-corrected chi connectivity index (χ3v) is 5.26. The van der Waals surface area contributed by atoms with Gasteiger partial charge < -0.3 is 9.52 Å². The van der Waals surface area contributed by atoms with Crippen molar-refractivity contribution >= 4 is 11.0 Å². The number of fused-ring (bicyclic) bond motifs is 3. The molecule has 1 aromatic heterocycles. The topological polar surface area (TPSA) is 33.4 Å². The van der Waals surface area contributed by atoms with Gasteiger partial charge in [0.15, 0.2) is 0 Å². The van der Waals surface area contributed by atoms with Crippen LogP contribution in [0.1, 0.15) is 63.9 Å². The van der Waals surface area contributed by atoms with Gasteiger partial charge in [0.25, 0.3) is 0 Å². The quantitative estimate of drug-likeness (QED) is 0.833. The van der Waals surface area contributed by atoms with Gasteiger partial charge in [0.05, 0.1) is 6.10 Å². The molecule has 2 atom stereocenters. The Labute approximate surface area is 127 Å². The van der Waals surface area contributed by atoms with Crippen molar-refractivity contribution < 1.29 is 9.52 Å². The standard InChI is InChI=1S/C19H26O2/c1-4-5-10-19(2,3)13-11-15(20)18-14-8-6-7-9-16(14)21-17(18)12-13/h6-9,13,15,20H,4-5,10-12H2,1-3H3. The third-order valence-electron chi connectivity index (χ3n) is 5.26. The fourth-order valence-corrected chi connectivity index (χ4v) is 3.76. The highest BCUT2D eigenvalue weighted by atomic mass is 16.3. The normalized spacial score (nSPS) is 22.5. The van der Waals surface area contributed by atoms with Crippen LogP contribution in [0.2, 0.25) is 0 Å². The number of unbranched alkanes of at least 4 members (excludes halogenated alkanes) is 1. The lowest BCUT2D eigenvalue weighted by molar-refractivity contribution is 0.0702. The first-order valence-electron chi connectivity index (χ1n) is 8.21. The molecule has 3 rings (SSSR count). The number of benzene rings is 1. The van der Waals surface area contributed by atoms with Crippen molar-refractivity contribution in [1.82, 2.24) is 0 Å². The van der Waals surface area contributed by atoms with Gasteiger partial charge in [-0.15, -0.1) is 0 Å². The molecule has 0 amide bonds. The van der Waals surface area contributed by atoms with Crippen LogP contribution >= 0.6 is 0 Å². The molecule has 1 heterocycles. The maximum absolute atomic E-state index is 10.6. The van der Waals surface area contributed by atoms with Crippen molar-refractivity contribution in [2.75, 3.05) is 0 Å². The lowest BCUT2D eigenvalue weighted by Crippen LogP contribution is -2.31. The SMILES string of the molecule is CCCCC(C)(C)C1Cc2oc3ccccc3c2C(O)C1. The molecule has 2 heteroatoms. The van der Waals surface area contributed by atoms with E-state index in [9.17, 15) is 5.11 Å². The minimum atomic E-state index is -0.386. The molecule has 2 aromatic rings. The zero-order valence-corrected chi connectivity index (χ0v) is 13.4. The Morgan fingerprint density at radius 2 is 2.05 bits per heavy atom. The number of hydrogen-bond donors (Lipinski definition) is 1. The lowest BCUT2D eigenvalue weighted by atomic mass is 9.68. The van der Waals surface area contributed by atoms with E-state index in [1.165, 1.54) is 19.3 Å². The second-order valence-electron chi connectivity index (χ2n) is 7.18. The van der Waals surface area contributed by atoms with Crippen molar-refractivity contribution in [2.45, 2.75) is 59.0 Å². The van der Waals surface area contributed by atoms with E-state index in [-0.39, 0.29) is 11.5 Å². The highest BCUT2D eigenvalue weighted by molar-refractivity contribution is 5.82. The van der Waals surface area contributed by atoms with Crippen LogP contribution in [-0.2, 0) is 6.42 Å². The molecule has 1 N–H and O–H groups in total. The molecule has 1 aromatic carbocycles. The summed E-state index contributed by atoms with van der Waals surface area (Å²) >= 11 is 0. The summed E-state index contributed by atoms with van der Waals surface area (Å²) in [6, 6.07) is 8.06. The molecule has 0 bridgehead atoms. The van der Waals surface area contributed by atoms with E-state index < -0.39 is 0 Å². The smallest absolute Gasteiger partial charge is 0.134 e. The van der Waals surface area contributed by atoms with E-state index in [1.54, 1.807) is 0 Å². The van der Waals surface area contributed by atoms with Crippen LogP contribution in [-0.4, -0.2) is 5.11 Å². The van der Waals surface area contributed by atoms with Gasteiger partial charge in [0.1, 0.15) is 11.3 Å². The van der Waals surface area contributed by atoms with Crippen molar-refractivity contribution in [3.05, 3.63) is 35.6 Å². The van der Waals surface area contributed by atoms with Crippen LogP contribution in [0, 0.1) is 11.3 Å². The monoisotopic (exact) mass is 286 g/mol. The molecule has 1 aliphatic carbocycles. The van der Waals surface area contributed by atoms with E-state index >= 15 is 0 Å². The Hall–Kier alpha value is -1.28. The van der Waals surface area contributed by atoms with E-state index in [4.69, 9.17) is 4.42 Å². The molecular weight excluding hydrogens is 260 g/mol. The van der Waals surface area contributed by atoms with Crippen LogP contribution in [0.5, 0.6) is 0 Å². The predicted octanol–water partition coefficient (Wildman–Crippen LogP) is 5.25. The largest absolute Gasteiger partial charge is 0.461 e. The second-order valence-corrected chi connectivity index (χ2v) is 7.18. The van der Waals surface area contributed by atoms with Crippen LogP contribution in [0.3, 0.4) is 0 Å². The number of aliphatic hydroxyl groups is 1. The fourth-order valence-electron chi connectivity index (χ4n) is 3.76. The summed E-state index contributed by atoms with van der Waals surface area (Å²) in [6.45, 7) is 6.92. The highest BCUT2D eigenvalue weighted by Gasteiger charge is 2.38. The Bertz CT molecular complexity index is 624. The van der Waals surface area contributed by atoms with E-state index in [2.05, 4.69) is 26.8 Å². The van der Waals surface area contributed by atoms with Crippen molar-refractivity contribution in [2.24, 2.45) is 11.3 Å². The molecule has 21 heavy (non-hydrogen) atoms. The summed E-state index contributed by atoms with van der Waals surface area (Å²) in [5.41, 5.74) is 2.20. The number of rotatable bonds is 4. The first-order chi connectivity index (χ1) is 10.0. The van der Waals surface area contributed by atoms with Crippen LogP contribution < -0.4 is 0 Å². The zero-order valence-electron chi connectivity index (χ0n) is 13.4. The number of furan rings is 1. The van der Waals surface area contributed by atoms with Gasteiger partial charge in [-0.2, -0.15) is 0 Å². The van der Waals surface area contributed by atoms with Crippen LogP contribution in [0.15, 0.2) is 28.7 Å². The summed E-state index contributed by atoms with van der Waals surface area (Å²) in [4.78, 5) is 0. The maximum atomic E-state index is 10.6. The molecule has 0 saturated heterocycles. The molecule has 0 saturated carbocycles. The molecule has 0 aliphatic heterocycles. The number of para-hydroxylation sites is 1. The Morgan fingerprint density at radius 3 is 2.81 bits per heavy atom. The second kappa shape index (κ2) is 5.49. The first-order valence-corrected chi connectivity index (χ1v) is 8.21. The molecule has 2 unspecified atom stereocenters.